The maximum absolute atomic E-state index is 13.4. The lowest BCUT2D eigenvalue weighted by atomic mass is 10.2. The number of amides is 1. The number of nitrogens with zero attached hydrogens (tertiary/aromatic N) is 3. The molecule has 1 aromatic heterocycles. The van der Waals surface area contributed by atoms with E-state index in [-0.39, 0.29) is 41.8 Å². The standard InChI is InChI=1S/C25H30ClN3O5S2.ClH/c1-18-5-7-19(8-6-18)36(31,32)17-3-4-22(30)29(12-11-28-13-15-34-16-14-28)25-27-23-21(33-2)10-9-20(26)24(23)35-25;/h5-10H,3-4,11-17H2,1-2H3;1H. The molecule has 202 valence electrons. The van der Waals surface area contributed by atoms with E-state index in [2.05, 4.69) is 4.90 Å². The molecule has 0 aliphatic carbocycles. The second kappa shape index (κ2) is 13.2. The van der Waals surface area contributed by atoms with Crippen LogP contribution in [0.3, 0.4) is 0 Å². The Morgan fingerprint density at radius 1 is 1.19 bits per heavy atom. The number of rotatable bonds is 10. The van der Waals surface area contributed by atoms with Gasteiger partial charge in [0.25, 0.3) is 0 Å². The van der Waals surface area contributed by atoms with Gasteiger partial charge >= 0.3 is 0 Å². The first-order valence-corrected chi connectivity index (χ1v) is 14.7. The van der Waals surface area contributed by atoms with E-state index in [1.54, 1.807) is 48.4 Å². The van der Waals surface area contributed by atoms with Crippen molar-refractivity contribution in [1.29, 1.82) is 0 Å². The zero-order valence-electron chi connectivity index (χ0n) is 20.8. The van der Waals surface area contributed by atoms with Crippen molar-refractivity contribution in [2.75, 3.05) is 57.2 Å². The van der Waals surface area contributed by atoms with E-state index >= 15 is 0 Å². The number of sulfone groups is 1. The van der Waals surface area contributed by atoms with Crippen LogP contribution in [-0.2, 0) is 19.4 Å². The summed E-state index contributed by atoms with van der Waals surface area (Å²) in [6.07, 6.45) is 0.313. The highest BCUT2D eigenvalue weighted by Gasteiger charge is 2.24. The number of methoxy groups -OCH3 is 1. The molecule has 3 aromatic rings. The van der Waals surface area contributed by atoms with E-state index in [0.29, 0.717) is 47.7 Å². The summed E-state index contributed by atoms with van der Waals surface area (Å²) in [5, 5.41) is 1.07. The van der Waals surface area contributed by atoms with E-state index in [1.165, 1.54) is 11.3 Å². The molecule has 8 nitrogen and oxygen atoms in total. The Morgan fingerprint density at radius 2 is 1.89 bits per heavy atom. The number of aryl methyl sites for hydroxylation is 1. The Balaban J connectivity index is 0.00000380. The number of anilines is 1. The van der Waals surface area contributed by atoms with Crippen molar-refractivity contribution in [3.05, 3.63) is 47.0 Å². The lowest BCUT2D eigenvalue weighted by Gasteiger charge is -2.29. The molecule has 0 N–H and O–H groups in total. The molecule has 1 saturated heterocycles. The highest BCUT2D eigenvalue weighted by molar-refractivity contribution is 7.91. The predicted molar refractivity (Wildman–Crippen MR) is 151 cm³/mol. The summed E-state index contributed by atoms with van der Waals surface area (Å²) in [4.78, 5) is 22.3. The molecular weight excluding hydrogens is 557 g/mol. The molecule has 37 heavy (non-hydrogen) atoms. The van der Waals surface area contributed by atoms with Gasteiger partial charge in [-0.2, -0.15) is 0 Å². The summed E-state index contributed by atoms with van der Waals surface area (Å²) in [6, 6.07) is 10.3. The first-order chi connectivity index (χ1) is 17.3. The Hall–Kier alpha value is -1.95. The van der Waals surface area contributed by atoms with Crippen LogP contribution in [0.1, 0.15) is 18.4 Å². The van der Waals surface area contributed by atoms with E-state index in [1.807, 2.05) is 6.92 Å². The van der Waals surface area contributed by atoms with Crippen molar-refractivity contribution in [3.8, 4) is 5.75 Å². The van der Waals surface area contributed by atoms with Gasteiger partial charge in [0.05, 0.1) is 40.7 Å². The number of ether oxygens (including phenoxy) is 2. The van der Waals surface area contributed by atoms with Gasteiger partial charge in [0.15, 0.2) is 15.0 Å². The summed E-state index contributed by atoms with van der Waals surface area (Å²) < 4.78 is 37.1. The number of hydrogen-bond acceptors (Lipinski definition) is 8. The molecule has 0 atom stereocenters. The fourth-order valence-electron chi connectivity index (χ4n) is 4.03. The van der Waals surface area contributed by atoms with Crippen LogP contribution in [0.2, 0.25) is 5.02 Å². The van der Waals surface area contributed by atoms with Crippen molar-refractivity contribution in [1.82, 2.24) is 9.88 Å². The van der Waals surface area contributed by atoms with Crippen LogP contribution in [-0.4, -0.2) is 76.5 Å². The van der Waals surface area contributed by atoms with Gasteiger partial charge < -0.3 is 9.47 Å². The van der Waals surface area contributed by atoms with Crippen LogP contribution >= 0.6 is 35.3 Å². The van der Waals surface area contributed by atoms with Crippen LogP contribution in [0, 0.1) is 6.92 Å². The monoisotopic (exact) mass is 587 g/mol. The molecule has 2 aromatic carbocycles. The quantitative estimate of drug-likeness (QED) is 0.342. The van der Waals surface area contributed by atoms with Gasteiger partial charge in [0, 0.05) is 32.6 Å². The normalized spacial score (nSPS) is 14.4. The topological polar surface area (TPSA) is 89.0 Å². The number of thiazole rings is 1. The Labute approximate surface area is 232 Å². The third-order valence-electron chi connectivity index (χ3n) is 6.13. The second-order valence-electron chi connectivity index (χ2n) is 8.66. The first-order valence-electron chi connectivity index (χ1n) is 11.8. The molecule has 0 bridgehead atoms. The van der Waals surface area contributed by atoms with Crippen LogP contribution in [0.4, 0.5) is 5.13 Å². The molecule has 2 heterocycles. The zero-order valence-corrected chi connectivity index (χ0v) is 24.0. The molecule has 12 heteroatoms. The molecule has 0 spiro atoms. The highest BCUT2D eigenvalue weighted by atomic mass is 35.5. The number of benzene rings is 2. The van der Waals surface area contributed by atoms with Gasteiger partial charge in [-0.15, -0.1) is 12.4 Å². The Morgan fingerprint density at radius 3 is 2.57 bits per heavy atom. The lowest BCUT2D eigenvalue weighted by molar-refractivity contribution is -0.118. The molecule has 0 saturated carbocycles. The minimum Gasteiger partial charge on any atom is -0.494 e. The summed E-state index contributed by atoms with van der Waals surface area (Å²) in [5.41, 5.74) is 1.60. The highest BCUT2D eigenvalue weighted by Crippen LogP contribution is 2.39. The van der Waals surface area contributed by atoms with Crippen molar-refractivity contribution in [2.24, 2.45) is 0 Å². The van der Waals surface area contributed by atoms with E-state index < -0.39 is 9.84 Å². The minimum absolute atomic E-state index is 0. The summed E-state index contributed by atoms with van der Waals surface area (Å²) in [6.45, 7) is 5.94. The van der Waals surface area contributed by atoms with Crippen LogP contribution in [0.5, 0.6) is 5.75 Å². The van der Waals surface area contributed by atoms with E-state index in [9.17, 15) is 13.2 Å². The van der Waals surface area contributed by atoms with E-state index in [4.69, 9.17) is 26.1 Å². The van der Waals surface area contributed by atoms with E-state index in [0.717, 1.165) is 23.4 Å². The smallest absolute Gasteiger partial charge is 0.228 e. The van der Waals surface area contributed by atoms with Crippen LogP contribution in [0.15, 0.2) is 41.3 Å². The molecule has 0 radical (unpaired) electrons. The molecule has 4 rings (SSSR count). The number of hydrogen-bond donors (Lipinski definition) is 0. The van der Waals surface area contributed by atoms with Crippen molar-refractivity contribution < 1.29 is 22.7 Å². The number of fused-ring (bicyclic) bond motifs is 1. The van der Waals surface area contributed by atoms with Gasteiger partial charge in [-0.3, -0.25) is 14.6 Å². The second-order valence-corrected chi connectivity index (χ2v) is 12.2. The Kier molecular flexibility index (Phi) is 10.6. The van der Waals surface area contributed by atoms with Crippen LogP contribution in [0.25, 0.3) is 10.2 Å². The number of aromatic nitrogens is 1. The maximum atomic E-state index is 13.4. The first kappa shape index (κ1) is 29.6. The third kappa shape index (κ3) is 7.34. The molecule has 1 aliphatic heterocycles. The molecule has 0 unspecified atom stereocenters. The number of halogens is 2. The van der Waals surface area contributed by atoms with Gasteiger partial charge in [0.2, 0.25) is 5.91 Å². The maximum Gasteiger partial charge on any atom is 0.228 e. The largest absolute Gasteiger partial charge is 0.494 e. The zero-order chi connectivity index (χ0) is 25.7. The molecule has 1 amide bonds. The number of morpholine rings is 1. The van der Waals surface area contributed by atoms with Crippen molar-refractivity contribution in [2.45, 2.75) is 24.7 Å². The summed E-state index contributed by atoms with van der Waals surface area (Å²) in [7, 11) is -1.90. The van der Waals surface area contributed by atoms with Gasteiger partial charge in [-0.05, 0) is 37.6 Å². The van der Waals surface area contributed by atoms with Gasteiger partial charge in [-0.1, -0.05) is 40.6 Å². The minimum atomic E-state index is -3.47. The van der Waals surface area contributed by atoms with Crippen molar-refractivity contribution in [3.63, 3.8) is 0 Å². The van der Waals surface area contributed by atoms with Crippen LogP contribution < -0.4 is 9.64 Å². The summed E-state index contributed by atoms with van der Waals surface area (Å²) in [5.74, 6) is 0.316. The fraction of sp³-hybridized carbons (Fsp3) is 0.440. The fourth-order valence-corrected chi connectivity index (χ4v) is 6.64. The number of carbonyl (C=O) groups excluding carboxylic acids is 1. The lowest BCUT2D eigenvalue weighted by Crippen LogP contribution is -2.43. The number of carbonyl (C=O) groups is 1. The SMILES string of the molecule is COc1ccc(Cl)c2sc(N(CCN3CCOCC3)C(=O)CCCS(=O)(=O)c3ccc(C)cc3)nc12.Cl. The molecule has 1 aliphatic rings. The summed E-state index contributed by atoms with van der Waals surface area (Å²) >= 11 is 7.74. The average Bonchev–Trinajstić information content (AvgIpc) is 3.31. The third-order valence-corrected chi connectivity index (χ3v) is 9.48. The van der Waals surface area contributed by atoms with Crippen molar-refractivity contribution >= 4 is 66.4 Å². The molecule has 1 fully saturated rings. The Bertz CT molecular complexity index is 1310. The average molecular weight is 589 g/mol. The molecular formula is C25H31Cl2N3O5S2. The van der Waals surface area contributed by atoms with Gasteiger partial charge in [0.1, 0.15) is 11.3 Å². The predicted octanol–water partition coefficient (Wildman–Crippen LogP) is 4.61. The van der Waals surface area contributed by atoms with Gasteiger partial charge in [-0.25, -0.2) is 13.4 Å².